The number of hydrogen-bond acceptors (Lipinski definition) is 3. The van der Waals surface area contributed by atoms with Crippen LogP contribution in [0.1, 0.15) is 43.0 Å². The van der Waals surface area contributed by atoms with Gasteiger partial charge in [-0.2, -0.15) is 0 Å². The summed E-state index contributed by atoms with van der Waals surface area (Å²) in [5.74, 6) is 0.501. The quantitative estimate of drug-likeness (QED) is 0.817. The van der Waals surface area contributed by atoms with Gasteiger partial charge in [0.1, 0.15) is 0 Å². The third kappa shape index (κ3) is 1.88. The molecule has 2 rings (SSSR count). The zero-order valence-electron chi connectivity index (χ0n) is 8.04. The molecule has 2 N–H and O–H groups in total. The Kier molecular flexibility index (Phi) is 2.99. The van der Waals surface area contributed by atoms with Gasteiger partial charge < -0.3 is 5.73 Å². The molecular formula is C10H14ClN3. The second-order valence-electron chi connectivity index (χ2n) is 3.72. The van der Waals surface area contributed by atoms with Crippen molar-refractivity contribution in [3.05, 3.63) is 22.7 Å². The molecule has 0 radical (unpaired) electrons. The summed E-state index contributed by atoms with van der Waals surface area (Å²) in [6, 6.07) is 0. The van der Waals surface area contributed by atoms with Gasteiger partial charge in [0.15, 0.2) is 5.15 Å². The van der Waals surface area contributed by atoms with Gasteiger partial charge in [0.25, 0.3) is 0 Å². The molecule has 0 saturated heterocycles. The molecule has 4 heteroatoms. The van der Waals surface area contributed by atoms with Crippen LogP contribution in [0.3, 0.4) is 0 Å². The first-order valence-electron chi connectivity index (χ1n) is 5.02. The Morgan fingerprint density at radius 2 is 2.14 bits per heavy atom. The lowest BCUT2D eigenvalue weighted by molar-refractivity contribution is 0.684. The van der Waals surface area contributed by atoms with Crippen LogP contribution in [-0.4, -0.2) is 9.97 Å². The first-order chi connectivity index (χ1) is 6.81. The monoisotopic (exact) mass is 211 g/mol. The lowest BCUT2D eigenvalue weighted by Gasteiger charge is -2.10. The van der Waals surface area contributed by atoms with E-state index in [1.165, 1.54) is 25.7 Å². The molecule has 1 aromatic heterocycles. The van der Waals surface area contributed by atoms with Crippen molar-refractivity contribution in [2.24, 2.45) is 5.73 Å². The van der Waals surface area contributed by atoms with E-state index in [9.17, 15) is 0 Å². The molecule has 0 atom stereocenters. The average Bonchev–Trinajstić information content (AvgIpc) is 2.71. The highest BCUT2D eigenvalue weighted by atomic mass is 35.5. The molecular weight excluding hydrogens is 198 g/mol. The zero-order valence-corrected chi connectivity index (χ0v) is 8.80. The van der Waals surface area contributed by atoms with Crippen LogP contribution >= 0.6 is 11.6 Å². The largest absolute Gasteiger partial charge is 0.325 e. The van der Waals surface area contributed by atoms with Gasteiger partial charge in [-0.25, -0.2) is 4.98 Å². The topological polar surface area (TPSA) is 51.8 Å². The maximum Gasteiger partial charge on any atom is 0.150 e. The molecule has 1 saturated carbocycles. The van der Waals surface area contributed by atoms with E-state index in [-0.39, 0.29) is 0 Å². The van der Waals surface area contributed by atoms with Crippen molar-refractivity contribution < 1.29 is 0 Å². The smallest absolute Gasteiger partial charge is 0.150 e. The van der Waals surface area contributed by atoms with Crippen LogP contribution in [-0.2, 0) is 6.54 Å². The molecule has 1 fully saturated rings. The summed E-state index contributed by atoms with van der Waals surface area (Å²) in [5.41, 5.74) is 7.30. The fourth-order valence-electron chi connectivity index (χ4n) is 1.98. The van der Waals surface area contributed by atoms with Crippen molar-refractivity contribution in [1.29, 1.82) is 0 Å². The van der Waals surface area contributed by atoms with Crippen molar-refractivity contribution in [2.75, 3.05) is 0 Å². The Balaban J connectivity index is 2.29. The Labute approximate surface area is 88.7 Å². The van der Waals surface area contributed by atoms with Crippen molar-refractivity contribution >= 4 is 11.6 Å². The Morgan fingerprint density at radius 3 is 2.79 bits per heavy atom. The normalized spacial score (nSPS) is 17.6. The van der Waals surface area contributed by atoms with Gasteiger partial charge in [-0.3, -0.25) is 4.98 Å². The SMILES string of the molecule is NCc1cnc(Cl)c(C2CCCC2)n1. The fourth-order valence-corrected chi connectivity index (χ4v) is 2.23. The van der Waals surface area contributed by atoms with E-state index in [1.54, 1.807) is 6.20 Å². The summed E-state index contributed by atoms with van der Waals surface area (Å²) >= 11 is 6.02. The number of rotatable bonds is 2. The van der Waals surface area contributed by atoms with E-state index in [2.05, 4.69) is 9.97 Å². The molecule has 0 unspecified atom stereocenters. The Hall–Kier alpha value is -0.670. The lowest BCUT2D eigenvalue weighted by atomic mass is 10.0. The predicted octanol–water partition coefficient (Wildman–Crippen LogP) is 2.25. The molecule has 1 aromatic rings. The van der Waals surface area contributed by atoms with E-state index in [1.807, 2.05) is 0 Å². The first-order valence-corrected chi connectivity index (χ1v) is 5.40. The van der Waals surface area contributed by atoms with E-state index < -0.39 is 0 Å². The number of halogens is 1. The molecule has 0 amide bonds. The maximum absolute atomic E-state index is 6.02. The highest BCUT2D eigenvalue weighted by Gasteiger charge is 2.21. The third-order valence-corrected chi connectivity index (χ3v) is 3.04. The van der Waals surface area contributed by atoms with Gasteiger partial charge in [0.2, 0.25) is 0 Å². The minimum Gasteiger partial charge on any atom is -0.325 e. The van der Waals surface area contributed by atoms with E-state index in [4.69, 9.17) is 17.3 Å². The molecule has 0 spiro atoms. The van der Waals surface area contributed by atoms with Gasteiger partial charge in [-0.15, -0.1) is 0 Å². The summed E-state index contributed by atoms with van der Waals surface area (Å²) < 4.78 is 0. The summed E-state index contributed by atoms with van der Waals surface area (Å²) in [5, 5.41) is 0.550. The van der Waals surface area contributed by atoms with Crippen LogP contribution in [0.2, 0.25) is 5.15 Å². The fraction of sp³-hybridized carbons (Fsp3) is 0.600. The zero-order chi connectivity index (χ0) is 9.97. The number of aromatic nitrogens is 2. The molecule has 76 valence electrons. The van der Waals surface area contributed by atoms with Crippen LogP contribution in [0.5, 0.6) is 0 Å². The second kappa shape index (κ2) is 4.24. The number of hydrogen-bond donors (Lipinski definition) is 1. The summed E-state index contributed by atoms with van der Waals surface area (Å²) in [6.07, 6.45) is 6.57. The Morgan fingerprint density at radius 1 is 1.43 bits per heavy atom. The van der Waals surface area contributed by atoms with Gasteiger partial charge in [0, 0.05) is 12.5 Å². The van der Waals surface area contributed by atoms with Crippen molar-refractivity contribution in [2.45, 2.75) is 38.1 Å². The Bertz CT molecular complexity index is 321. The van der Waals surface area contributed by atoms with Crippen LogP contribution in [0.15, 0.2) is 6.20 Å². The number of nitrogens with zero attached hydrogens (tertiary/aromatic N) is 2. The number of nitrogens with two attached hydrogens (primary N) is 1. The van der Waals surface area contributed by atoms with Crippen LogP contribution in [0.25, 0.3) is 0 Å². The van der Waals surface area contributed by atoms with Crippen LogP contribution < -0.4 is 5.73 Å². The maximum atomic E-state index is 6.02. The highest BCUT2D eigenvalue weighted by Crippen LogP contribution is 2.35. The average molecular weight is 212 g/mol. The van der Waals surface area contributed by atoms with Crippen molar-refractivity contribution in [1.82, 2.24) is 9.97 Å². The standard InChI is InChI=1S/C10H14ClN3/c11-10-9(7-3-1-2-4-7)14-8(5-12)6-13-10/h6-7H,1-5,12H2. The summed E-state index contributed by atoms with van der Waals surface area (Å²) in [6.45, 7) is 0.434. The minimum absolute atomic E-state index is 0.434. The second-order valence-corrected chi connectivity index (χ2v) is 4.08. The molecule has 1 aliphatic carbocycles. The van der Waals surface area contributed by atoms with Gasteiger partial charge in [-0.05, 0) is 12.8 Å². The molecule has 3 nitrogen and oxygen atoms in total. The van der Waals surface area contributed by atoms with E-state index in [0.29, 0.717) is 17.6 Å². The van der Waals surface area contributed by atoms with E-state index >= 15 is 0 Å². The molecule has 0 bridgehead atoms. The third-order valence-electron chi connectivity index (χ3n) is 2.75. The van der Waals surface area contributed by atoms with Gasteiger partial charge in [-0.1, -0.05) is 24.4 Å². The molecule has 0 aliphatic heterocycles. The summed E-state index contributed by atoms with van der Waals surface area (Å²) in [7, 11) is 0. The molecule has 14 heavy (non-hydrogen) atoms. The molecule has 1 aliphatic rings. The van der Waals surface area contributed by atoms with Crippen molar-refractivity contribution in [3.8, 4) is 0 Å². The van der Waals surface area contributed by atoms with Gasteiger partial charge >= 0.3 is 0 Å². The van der Waals surface area contributed by atoms with Crippen LogP contribution in [0.4, 0.5) is 0 Å². The first kappa shape index (κ1) is 9.87. The summed E-state index contributed by atoms with van der Waals surface area (Å²) in [4.78, 5) is 8.57. The van der Waals surface area contributed by atoms with Crippen LogP contribution in [0, 0.1) is 0 Å². The highest BCUT2D eigenvalue weighted by molar-refractivity contribution is 6.30. The molecule has 1 heterocycles. The van der Waals surface area contributed by atoms with Gasteiger partial charge in [0.05, 0.1) is 17.6 Å². The minimum atomic E-state index is 0.434. The predicted molar refractivity (Wildman–Crippen MR) is 56.1 cm³/mol. The van der Waals surface area contributed by atoms with E-state index in [0.717, 1.165) is 11.4 Å². The van der Waals surface area contributed by atoms with Crippen molar-refractivity contribution in [3.63, 3.8) is 0 Å². The molecule has 0 aromatic carbocycles. The lowest BCUT2D eigenvalue weighted by Crippen LogP contribution is -2.06.